The summed E-state index contributed by atoms with van der Waals surface area (Å²) in [6, 6.07) is 6.91. The maximum Gasteiger partial charge on any atom is 0.176 e. The monoisotopic (exact) mass is 378 g/mol. The molecule has 0 radical (unpaired) electrons. The second kappa shape index (κ2) is 7.93. The molecule has 0 aliphatic rings. The first-order chi connectivity index (χ1) is 13.4. The van der Waals surface area contributed by atoms with Gasteiger partial charge in [0.25, 0.3) is 0 Å². The average molecular weight is 378 g/mol. The largest absolute Gasteiger partial charge is 0.387 e. The fourth-order valence-corrected chi connectivity index (χ4v) is 2.63. The van der Waals surface area contributed by atoms with Crippen molar-refractivity contribution >= 4 is 40.4 Å². The number of H-pyrrole nitrogens is 2. The molecule has 0 aliphatic carbocycles. The van der Waals surface area contributed by atoms with Crippen LogP contribution in [-0.4, -0.2) is 43.4 Å². The number of nitrogens with zero attached hydrogens (tertiary/aromatic N) is 2. The molecule has 4 rings (SSSR count). The Balaban J connectivity index is 0.000000161. The molecule has 0 saturated heterocycles. The van der Waals surface area contributed by atoms with Crippen LogP contribution in [0.1, 0.15) is 56.8 Å². The number of aromatic amines is 2. The van der Waals surface area contributed by atoms with Crippen molar-refractivity contribution in [1.82, 2.24) is 19.9 Å². The number of hydrogen-bond donors (Lipinski definition) is 3. The van der Waals surface area contributed by atoms with Crippen molar-refractivity contribution in [2.75, 3.05) is 0 Å². The first-order valence-electron chi connectivity index (χ1n) is 8.48. The average Bonchev–Trinajstić information content (AvgIpc) is 3.31. The molecular weight excluding hydrogens is 360 g/mol. The summed E-state index contributed by atoms with van der Waals surface area (Å²) in [6.45, 7) is 3.15. The summed E-state index contributed by atoms with van der Waals surface area (Å²) >= 11 is 0. The number of aromatic nitrogens is 4. The van der Waals surface area contributed by atoms with Gasteiger partial charge in [-0.1, -0.05) is 0 Å². The summed E-state index contributed by atoms with van der Waals surface area (Å²) in [6.07, 6.45) is 3.89. The van der Waals surface area contributed by atoms with Gasteiger partial charge in [-0.15, -0.1) is 0 Å². The molecule has 4 heterocycles. The van der Waals surface area contributed by atoms with Crippen LogP contribution in [0.2, 0.25) is 0 Å². The van der Waals surface area contributed by atoms with Crippen LogP contribution in [-0.2, 0) is 0 Å². The molecule has 0 aliphatic heterocycles. The van der Waals surface area contributed by atoms with Crippen molar-refractivity contribution in [2.45, 2.75) is 20.0 Å². The van der Waals surface area contributed by atoms with Gasteiger partial charge in [-0.25, -0.2) is 9.97 Å². The van der Waals surface area contributed by atoms with Gasteiger partial charge in [0.1, 0.15) is 11.3 Å². The Morgan fingerprint density at radius 3 is 2.00 bits per heavy atom. The minimum atomic E-state index is -0.552. The van der Waals surface area contributed by atoms with Gasteiger partial charge < -0.3 is 15.1 Å². The summed E-state index contributed by atoms with van der Waals surface area (Å²) in [5, 5.41) is 10.9. The number of nitrogens with one attached hydrogen (secondary N) is 2. The Morgan fingerprint density at radius 2 is 1.50 bits per heavy atom. The zero-order valence-electron chi connectivity index (χ0n) is 15.3. The number of ketones is 1. The van der Waals surface area contributed by atoms with E-state index >= 15 is 0 Å². The summed E-state index contributed by atoms with van der Waals surface area (Å²) < 4.78 is 0. The highest BCUT2D eigenvalue weighted by molar-refractivity contribution is 5.97. The Labute approximate surface area is 159 Å². The highest BCUT2D eigenvalue weighted by Gasteiger charge is 2.07. The van der Waals surface area contributed by atoms with Crippen LogP contribution >= 0.6 is 0 Å². The number of fused-ring (bicyclic) bond motifs is 2. The van der Waals surface area contributed by atoms with Crippen LogP contribution in [0.4, 0.5) is 0 Å². The van der Waals surface area contributed by atoms with E-state index in [2.05, 4.69) is 19.9 Å². The van der Waals surface area contributed by atoms with Gasteiger partial charge in [-0.3, -0.25) is 14.4 Å². The maximum atomic E-state index is 11.0. The number of hydrogen-bond acceptors (Lipinski definition) is 6. The SMILES string of the molecule is CC(=O)c1cc2cc(C=O)cnc2[nH]1.CC(O)c1cc2cc(C=O)cnc2[nH]1. The normalized spacial score (nSPS) is 11.7. The number of aliphatic hydroxyl groups excluding tert-OH is 1. The minimum absolute atomic E-state index is 0.0457. The lowest BCUT2D eigenvalue weighted by molar-refractivity contribution is 0.101. The first kappa shape index (κ1) is 19.1. The maximum absolute atomic E-state index is 11.0. The van der Waals surface area contributed by atoms with Gasteiger partial charge in [-0.2, -0.15) is 0 Å². The molecule has 3 N–H and O–H groups in total. The fraction of sp³-hybridized carbons (Fsp3) is 0.150. The number of rotatable bonds is 4. The molecular formula is C20H18N4O4. The van der Waals surface area contributed by atoms with Crippen LogP contribution in [0.5, 0.6) is 0 Å². The molecule has 1 unspecified atom stereocenters. The third-order valence-electron chi connectivity index (χ3n) is 4.10. The van der Waals surface area contributed by atoms with E-state index in [9.17, 15) is 19.5 Å². The van der Waals surface area contributed by atoms with Crippen LogP contribution < -0.4 is 0 Å². The van der Waals surface area contributed by atoms with Gasteiger partial charge in [0.05, 0.1) is 11.8 Å². The molecule has 0 spiro atoms. The van der Waals surface area contributed by atoms with E-state index in [-0.39, 0.29) is 5.78 Å². The van der Waals surface area contributed by atoms with Gasteiger partial charge in [0.2, 0.25) is 0 Å². The molecule has 4 aromatic heterocycles. The van der Waals surface area contributed by atoms with E-state index in [1.165, 1.54) is 19.3 Å². The molecule has 142 valence electrons. The third kappa shape index (κ3) is 4.02. The van der Waals surface area contributed by atoms with Gasteiger partial charge in [0, 0.05) is 46.9 Å². The van der Waals surface area contributed by atoms with Gasteiger partial charge >= 0.3 is 0 Å². The Hall–Kier alpha value is -3.65. The highest BCUT2D eigenvalue weighted by atomic mass is 16.3. The van der Waals surface area contributed by atoms with E-state index in [4.69, 9.17) is 0 Å². The number of aldehydes is 2. The second-order valence-corrected chi connectivity index (χ2v) is 6.29. The quantitative estimate of drug-likeness (QED) is 0.370. The summed E-state index contributed by atoms with van der Waals surface area (Å²) in [7, 11) is 0. The van der Waals surface area contributed by atoms with Gasteiger partial charge in [-0.05, 0) is 31.2 Å². The van der Waals surface area contributed by atoms with E-state index < -0.39 is 6.10 Å². The van der Waals surface area contributed by atoms with Crippen LogP contribution in [0.3, 0.4) is 0 Å². The topological polar surface area (TPSA) is 129 Å². The zero-order valence-corrected chi connectivity index (χ0v) is 15.3. The molecule has 0 fully saturated rings. The summed E-state index contributed by atoms with van der Waals surface area (Å²) in [4.78, 5) is 45.9. The predicted octanol–water partition coefficient (Wildman–Crippen LogP) is 3.01. The summed E-state index contributed by atoms with van der Waals surface area (Å²) in [5.41, 5.74) is 3.57. The van der Waals surface area contributed by atoms with Crippen molar-refractivity contribution in [3.05, 3.63) is 59.2 Å². The molecule has 0 saturated carbocycles. The van der Waals surface area contributed by atoms with Crippen molar-refractivity contribution in [1.29, 1.82) is 0 Å². The van der Waals surface area contributed by atoms with Crippen molar-refractivity contribution in [3.8, 4) is 0 Å². The molecule has 0 amide bonds. The highest BCUT2D eigenvalue weighted by Crippen LogP contribution is 2.18. The smallest absolute Gasteiger partial charge is 0.176 e. The standard InChI is InChI=1S/C10H10N2O2.C10H8N2O2/c2*1-6(14)9-3-8-2-7(5-13)4-11-10(8)12-9/h2-6,14H,1H3,(H,11,12);2-5H,1H3,(H,11,12). The molecule has 8 nitrogen and oxygen atoms in total. The third-order valence-corrected chi connectivity index (χ3v) is 4.10. The molecule has 1 atom stereocenters. The van der Waals surface area contributed by atoms with Crippen LogP contribution in [0, 0.1) is 0 Å². The Morgan fingerprint density at radius 1 is 0.964 bits per heavy atom. The summed E-state index contributed by atoms with van der Waals surface area (Å²) in [5.74, 6) is -0.0457. The fourth-order valence-electron chi connectivity index (χ4n) is 2.63. The van der Waals surface area contributed by atoms with E-state index in [1.54, 1.807) is 31.2 Å². The van der Waals surface area contributed by atoms with Crippen molar-refractivity contribution in [2.24, 2.45) is 0 Å². The lowest BCUT2D eigenvalue weighted by Crippen LogP contribution is -1.90. The molecule has 28 heavy (non-hydrogen) atoms. The van der Waals surface area contributed by atoms with Crippen LogP contribution in [0.25, 0.3) is 22.1 Å². The zero-order chi connectivity index (χ0) is 20.3. The number of pyridine rings is 2. The number of carbonyl (C=O) groups is 3. The van der Waals surface area contributed by atoms with E-state index in [0.717, 1.165) is 23.3 Å². The predicted molar refractivity (Wildman–Crippen MR) is 104 cm³/mol. The lowest BCUT2D eigenvalue weighted by atomic mass is 10.2. The minimum Gasteiger partial charge on any atom is -0.387 e. The van der Waals surface area contributed by atoms with Gasteiger partial charge in [0.15, 0.2) is 18.4 Å². The van der Waals surface area contributed by atoms with Crippen molar-refractivity contribution in [3.63, 3.8) is 0 Å². The number of carbonyl (C=O) groups excluding carboxylic acids is 3. The molecule has 8 heteroatoms. The molecule has 0 aromatic carbocycles. The lowest BCUT2D eigenvalue weighted by Gasteiger charge is -1.96. The van der Waals surface area contributed by atoms with E-state index in [0.29, 0.717) is 33.8 Å². The molecule has 0 bridgehead atoms. The van der Waals surface area contributed by atoms with Crippen LogP contribution in [0.15, 0.2) is 36.7 Å². The molecule has 4 aromatic rings. The first-order valence-corrected chi connectivity index (χ1v) is 8.48. The Kier molecular flexibility index (Phi) is 5.42. The number of aliphatic hydroxyl groups is 1. The number of Topliss-reactive ketones (excluding diaryl/α,β-unsaturated/α-hetero) is 1. The van der Waals surface area contributed by atoms with E-state index in [1.807, 2.05) is 0 Å². The second-order valence-electron chi connectivity index (χ2n) is 6.29. The Bertz CT molecular complexity index is 1170. The van der Waals surface area contributed by atoms with Crippen molar-refractivity contribution < 1.29 is 19.5 Å².